The van der Waals surface area contributed by atoms with E-state index in [-0.39, 0.29) is 19.1 Å². The van der Waals surface area contributed by atoms with E-state index < -0.39 is 29.2 Å². The molecule has 1 aliphatic carbocycles. The van der Waals surface area contributed by atoms with Crippen molar-refractivity contribution < 1.29 is 27.1 Å². The quantitative estimate of drug-likeness (QED) is 0.418. The molecule has 0 aliphatic heterocycles. The topological polar surface area (TPSA) is 38.3 Å². The number of carbonyl (C=O) groups excluding carboxylic acids is 1. The van der Waals surface area contributed by atoms with E-state index in [4.69, 9.17) is 4.74 Å². The molecule has 32 heavy (non-hydrogen) atoms. The highest BCUT2D eigenvalue weighted by molar-refractivity contribution is 5.79. The first-order valence-electron chi connectivity index (χ1n) is 9.79. The van der Waals surface area contributed by atoms with Crippen molar-refractivity contribution >= 4 is 6.09 Å². The number of ether oxygens (including phenoxy) is 1. The van der Waals surface area contributed by atoms with Gasteiger partial charge in [0.15, 0.2) is 0 Å². The van der Waals surface area contributed by atoms with Gasteiger partial charge in [0.05, 0.1) is 12.1 Å². The fourth-order valence-electron chi connectivity index (χ4n) is 3.77. The molecule has 0 atom stereocenters. The molecule has 1 amide bonds. The third-order valence-electron chi connectivity index (χ3n) is 5.17. The summed E-state index contributed by atoms with van der Waals surface area (Å²) in [7, 11) is 0. The van der Waals surface area contributed by atoms with Crippen molar-refractivity contribution in [1.82, 2.24) is 5.32 Å². The highest BCUT2D eigenvalue weighted by Gasteiger charge is 2.33. The zero-order valence-electron chi connectivity index (χ0n) is 16.7. The van der Waals surface area contributed by atoms with Crippen molar-refractivity contribution in [3.8, 4) is 23.0 Å². The molecule has 0 unspecified atom stereocenters. The Bertz CT molecular complexity index is 1180. The van der Waals surface area contributed by atoms with Gasteiger partial charge in [-0.1, -0.05) is 60.4 Å². The van der Waals surface area contributed by atoms with Gasteiger partial charge in [0, 0.05) is 11.5 Å². The number of amides is 1. The van der Waals surface area contributed by atoms with Crippen molar-refractivity contribution in [1.29, 1.82) is 0 Å². The second-order valence-electron chi connectivity index (χ2n) is 7.17. The Balaban J connectivity index is 1.38. The minimum Gasteiger partial charge on any atom is -0.449 e. The lowest BCUT2D eigenvalue weighted by Crippen LogP contribution is -2.26. The fraction of sp³-hybridized carbons (Fsp3) is 0.160. The van der Waals surface area contributed by atoms with Crippen LogP contribution in [0.1, 0.15) is 28.2 Å². The Morgan fingerprint density at radius 1 is 0.969 bits per heavy atom. The number of hydrogen-bond acceptors (Lipinski definition) is 2. The van der Waals surface area contributed by atoms with Crippen LogP contribution in [0.2, 0.25) is 0 Å². The standard InChI is InChI=1S/C25H17F4NO2/c26-17-11-12-23(25(27,28)29)16(14-17)6-5-13-30-24(31)32-15-22-20-9-3-1-7-18(20)19-8-2-4-10-21(19)22/h1-4,7-12,14,22H,13,15H2,(H,30,31). The van der Waals surface area contributed by atoms with E-state index in [0.29, 0.717) is 12.1 Å². The molecule has 0 saturated carbocycles. The van der Waals surface area contributed by atoms with Crippen LogP contribution >= 0.6 is 0 Å². The summed E-state index contributed by atoms with van der Waals surface area (Å²) in [6.07, 6.45) is -5.39. The van der Waals surface area contributed by atoms with Gasteiger partial charge in [-0.05, 0) is 40.5 Å². The monoisotopic (exact) mass is 439 g/mol. The maximum absolute atomic E-state index is 13.3. The molecule has 3 aromatic carbocycles. The molecule has 0 aromatic heterocycles. The molecule has 162 valence electrons. The van der Waals surface area contributed by atoms with Gasteiger partial charge < -0.3 is 10.1 Å². The van der Waals surface area contributed by atoms with E-state index in [1.54, 1.807) is 0 Å². The SMILES string of the molecule is O=C(NCC#Cc1cc(F)ccc1C(F)(F)F)OCC1c2ccccc2-c2ccccc21. The first-order valence-corrected chi connectivity index (χ1v) is 9.79. The van der Waals surface area contributed by atoms with Crippen LogP contribution in [0, 0.1) is 17.7 Å². The Hall–Kier alpha value is -3.79. The highest BCUT2D eigenvalue weighted by Crippen LogP contribution is 2.44. The summed E-state index contributed by atoms with van der Waals surface area (Å²) in [5.41, 5.74) is 2.79. The normalized spacial score (nSPS) is 12.4. The van der Waals surface area contributed by atoms with Crippen LogP contribution in [-0.4, -0.2) is 19.2 Å². The number of halogens is 4. The molecule has 0 bridgehead atoms. The summed E-state index contributed by atoms with van der Waals surface area (Å²) in [6, 6.07) is 17.8. The summed E-state index contributed by atoms with van der Waals surface area (Å²) in [5.74, 6) is 3.72. The number of carbonyl (C=O) groups is 1. The van der Waals surface area contributed by atoms with Crippen LogP contribution < -0.4 is 5.32 Å². The number of fused-ring (bicyclic) bond motifs is 3. The van der Waals surface area contributed by atoms with Gasteiger partial charge in [0.1, 0.15) is 12.4 Å². The Morgan fingerprint density at radius 2 is 1.59 bits per heavy atom. The Kier molecular flexibility index (Phi) is 5.87. The molecule has 7 heteroatoms. The number of hydrogen-bond donors (Lipinski definition) is 1. The van der Waals surface area contributed by atoms with Gasteiger partial charge in [0.2, 0.25) is 0 Å². The van der Waals surface area contributed by atoms with Crippen molar-refractivity contribution in [3.63, 3.8) is 0 Å². The molecule has 3 aromatic rings. The first kappa shape index (κ1) is 21.4. The van der Waals surface area contributed by atoms with E-state index in [1.807, 2.05) is 48.5 Å². The lowest BCUT2D eigenvalue weighted by Gasteiger charge is -2.14. The lowest BCUT2D eigenvalue weighted by atomic mass is 9.98. The molecule has 0 fully saturated rings. The highest BCUT2D eigenvalue weighted by atomic mass is 19.4. The van der Waals surface area contributed by atoms with Crippen LogP contribution in [0.15, 0.2) is 66.7 Å². The zero-order valence-corrected chi connectivity index (χ0v) is 16.7. The summed E-state index contributed by atoms with van der Waals surface area (Å²) >= 11 is 0. The van der Waals surface area contributed by atoms with Gasteiger partial charge in [-0.15, -0.1) is 0 Å². The third-order valence-corrected chi connectivity index (χ3v) is 5.17. The minimum atomic E-state index is -4.65. The van der Waals surface area contributed by atoms with Crippen LogP contribution in [0.3, 0.4) is 0 Å². The fourth-order valence-corrected chi connectivity index (χ4v) is 3.77. The van der Waals surface area contributed by atoms with Crippen molar-refractivity contribution in [2.75, 3.05) is 13.2 Å². The van der Waals surface area contributed by atoms with Gasteiger partial charge in [-0.2, -0.15) is 13.2 Å². The molecule has 3 nitrogen and oxygen atoms in total. The van der Waals surface area contributed by atoms with Crippen LogP contribution in [-0.2, 0) is 10.9 Å². The van der Waals surface area contributed by atoms with Gasteiger partial charge >= 0.3 is 12.3 Å². The third kappa shape index (κ3) is 4.45. The van der Waals surface area contributed by atoms with E-state index in [0.717, 1.165) is 28.3 Å². The molecule has 0 radical (unpaired) electrons. The average Bonchev–Trinajstić information content (AvgIpc) is 3.08. The molecule has 1 aliphatic rings. The predicted molar refractivity (Wildman–Crippen MR) is 111 cm³/mol. The largest absolute Gasteiger partial charge is 0.449 e. The maximum atomic E-state index is 13.3. The summed E-state index contributed by atoms with van der Waals surface area (Å²) in [5, 5.41) is 2.39. The zero-order chi connectivity index (χ0) is 22.7. The molecule has 0 spiro atoms. The summed E-state index contributed by atoms with van der Waals surface area (Å²) < 4.78 is 57.6. The Morgan fingerprint density at radius 3 is 2.22 bits per heavy atom. The number of alkyl carbamates (subject to hydrolysis) is 1. The lowest BCUT2D eigenvalue weighted by molar-refractivity contribution is -0.137. The predicted octanol–water partition coefficient (Wildman–Crippen LogP) is 5.73. The molecular weight excluding hydrogens is 422 g/mol. The van der Waals surface area contributed by atoms with Crippen molar-refractivity contribution in [3.05, 3.63) is 94.8 Å². The molecular formula is C25H17F4NO2. The second kappa shape index (κ2) is 8.75. The number of benzene rings is 3. The van der Waals surface area contributed by atoms with Crippen molar-refractivity contribution in [2.45, 2.75) is 12.1 Å². The Labute approximate surface area is 182 Å². The van der Waals surface area contributed by atoms with Crippen LogP contribution in [0.5, 0.6) is 0 Å². The van der Waals surface area contributed by atoms with Crippen molar-refractivity contribution in [2.24, 2.45) is 0 Å². The van der Waals surface area contributed by atoms with Crippen LogP contribution in [0.4, 0.5) is 22.4 Å². The average molecular weight is 439 g/mol. The van der Waals surface area contributed by atoms with Gasteiger partial charge in [-0.3, -0.25) is 0 Å². The molecule has 0 heterocycles. The second-order valence-corrected chi connectivity index (χ2v) is 7.17. The smallest absolute Gasteiger partial charge is 0.417 e. The van der Waals surface area contributed by atoms with E-state index in [2.05, 4.69) is 17.2 Å². The maximum Gasteiger partial charge on any atom is 0.417 e. The number of rotatable bonds is 3. The van der Waals surface area contributed by atoms with E-state index >= 15 is 0 Å². The minimum absolute atomic E-state index is 0.107. The molecule has 1 N–H and O–H groups in total. The molecule has 4 rings (SSSR count). The summed E-state index contributed by atoms with van der Waals surface area (Å²) in [4.78, 5) is 12.1. The first-order chi connectivity index (χ1) is 15.3. The summed E-state index contributed by atoms with van der Waals surface area (Å²) in [6.45, 7) is -0.139. The van der Waals surface area contributed by atoms with E-state index in [1.165, 1.54) is 0 Å². The number of nitrogens with one attached hydrogen (secondary N) is 1. The van der Waals surface area contributed by atoms with Gasteiger partial charge in [0.25, 0.3) is 0 Å². The van der Waals surface area contributed by atoms with Gasteiger partial charge in [-0.25, -0.2) is 9.18 Å². The van der Waals surface area contributed by atoms with E-state index in [9.17, 15) is 22.4 Å². The number of alkyl halides is 3. The molecule has 0 saturated heterocycles. The van der Waals surface area contributed by atoms with Crippen LogP contribution in [0.25, 0.3) is 11.1 Å².